The van der Waals surface area contributed by atoms with Crippen LogP contribution in [0.3, 0.4) is 0 Å². The van der Waals surface area contributed by atoms with Gasteiger partial charge in [-0.05, 0) is 32.4 Å². The lowest BCUT2D eigenvalue weighted by Crippen LogP contribution is -2.34. The number of unbranched alkanes of at least 4 members (excludes halogenated alkanes) is 1. The first-order chi connectivity index (χ1) is 7.72. The average Bonchev–Trinajstić information content (AvgIpc) is 2.44. The van der Waals surface area contributed by atoms with Crippen LogP contribution in [0.4, 0.5) is 0 Å². The molecule has 1 heterocycles. The molecule has 0 aromatic carbocycles. The number of aliphatic hydroxyl groups is 1. The third kappa shape index (κ3) is 5.44. The van der Waals surface area contributed by atoms with Gasteiger partial charge in [-0.3, -0.25) is 9.69 Å². The molecule has 1 aliphatic heterocycles. The molecule has 1 fully saturated rings. The van der Waals surface area contributed by atoms with Crippen LogP contribution in [0, 0.1) is 0 Å². The Labute approximate surface area is 96.7 Å². The number of aliphatic hydroxyl groups excluding tert-OH is 1. The van der Waals surface area contributed by atoms with Gasteiger partial charge in [0.25, 0.3) is 0 Å². The molecule has 0 bridgehead atoms. The highest BCUT2D eigenvalue weighted by Crippen LogP contribution is 2.04. The number of hydrogen-bond donors (Lipinski definition) is 2. The lowest BCUT2D eigenvalue weighted by atomic mass is 10.3. The Morgan fingerprint density at radius 1 is 1.06 bits per heavy atom. The van der Waals surface area contributed by atoms with Gasteiger partial charge in [0.1, 0.15) is 0 Å². The van der Waals surface area contributed by atoms with Crippen LogP contribution < -0.4 is 0 Å². The van der Waals surface area contributed by atoms with E-state index in [0.717, 1.165) is 52.0 Å². The number of rotatable bonds is 6. The summed E-state index contributed by atoms with van der Waals surface area (Å²) in [4.78, 5) is 14.9. The van der Waals surface area contributed by atoms with E-state index in [2.05, 4.69) is 4.90 Å². The van der Waals surface area contributed by atoms with Crippen molar-refractivity contribution in [3.63, 3.8) is 0 Å². The molecule has 0 saturated carbocycles. The van der Waals surface area contributed by atoms with E-state index >= 15 is 0 Å². The van der Waals surface area contributed by atoms with Crippen LogP contribution in [0.15, 0.2) is 0 Å². The SMILES string of the molecule is O=C(O)CN1CCCN(CCCCO)CC1. The summed E-state index contributed by atoms with van der Waals surface area (Å²) in [6.45, 7) is 5.14. The molecule has 1 rings (SSSR count). The van der Waals surface area contributed by atoms with Crippen molar-refractivity contribution in [2.45, 2.75) is 19.3 Å². The number of nitrogens with zero attached hydrogens (tertiary/aromatic N) is 2. The molecule has 5 heteroatoms. The summed E-state index contributed by atoms with van der Waals surface area (Å²) in [7, 11) is 0. The van der Waals surface area contributed by atoms with Crippen LogP contribution in [0.2, 0.25) is 0 Å². The van der Waals surface area contributed by atoms with Crippen molar-refractivity contribution in [3.05, 3.63) is 0 Å². The van der Waals surface area contributed by atoms with Gasteiger partial charge in [0, 0.05) is 26.2 Å². The van der Waals surface area contributed by atoms with Gasteiger partial charge in [-0.25, -0.2) is 0 Å². The van der Waals surface area contributed by atoms with E-state index in [1.165, 1.54) is 0 Å². The molecule has 0 radical (unpaired) electrons. The van der Waals surface area contributed by atoms with Crippen molar-refractivity contribution >= 4 is 5.97 Å². The van der Waals surface area contributed by atoms with Gasteiger partial charge < -0.3 is 15.1 Å². The summed E-state index contributed by atoms with van der Waals surface area (Å²) in [6.07, 6.45) is 2.91. The Kier molecular flexibility index (Phi) is 6.37. The van der Waals surface area contributed by atoms with Crippen molar-refractivity contribution in [1.82, 2.24) is 9.80 Å². The number of carbonyl (C=O) groups is 1. The second-order valence-corrected chi connectivity index (χ2v) is 4.30. The molecule has 1 saturated heterocycles. The topological polar surface area (TPSA) is 64.0 Å². The molecule has 16 heavy (non-hydrogen) atoms. The third-order valence-electron chi connectivity index (χ3n) is 2.92. The largest absolute Gasteiger partial charge is 0.480 e. The van der Waals surface area contributed by atoms with Gasteiger partial charge in [0.2, 0.25) is 0 Å². The van der Waals surface area contributed by atoms with E-state index in [4.69, 9.17) is 10.2 Å². The zero-order valence-corrected chi connectivity index (χ0v) is 9.77. The number of aliphatic carboxylic acids is 1. The Morgan fingerprint density at radius 2 is 1.75 bits per heavy atom. The first-order valence-corrected chi connectivity index (χ1v) is 5.99. The van der Waals surface area contributed by atoms with E-state index in [1.54, 1.807) is 0 Å². The molecule has 94 valence electrons. The van der Waals surface area contributed by atoms with Gasteiger partial charge in [0.15, 0.2) is 0 Å². The van der Waals surface area contributed by atoms with Crippen molar-refractivity contribution < 1.29 is 15.0 Å². The van der Waals surface area contributed by atoms with E-state index in [9.17, 15) is 4.79 Å². The van der Waals surface area contributed by atoms with E-state index in [1.807, 2.05) is 4.90 Å². The van der Waals surface area contributed by atoms with Crippen LogP contribution >= 0.6 is 0 Å². The van der Waals surface area contributed by atoms with Gasteiger partial charge in [0.05, 0.1) is 6.54 Å². The minimum absolute atomic E-state index is 0.157. The van der Waals surface area contributed by atoms with Crippen LogP contribution in [-0.2, 0) is 4.79 Å². The minimum Gasteiger partial charge on any atom is -0.480 e. The average molecular weight is 230 g/mol. The molecule has 0 aliphatic carbocycles. The maximum absolute atomic E-state index is 10.6. The second kappa shape index (κ2) is 7.60. The molecule has 0 unspecified atom stereocenters. The Balaban J connectivity index is 2.20. The number of hydrogen-bond acceptors (Lipinski definition) is 4. The van der Waals surface area contributed by atoms with E-state index in [-0.39, 0.29) is 13.2 Å². The summed E-state index contributed by atoms with van der Waals surface area (Å²) < 4.78 is 0. The molecule has 0 aromatic rings. The summed E-state index contributed by atoms with van der Waals surface area (Å²) >= 11 is 0. The van der Waals surface area contributed by atoms with Gasteiger partial charge in [-0.15, -0.1) is 0 Å². The predicted molar refractivity (Wildman–Crippen MR) is 61.5 cm³/mol. The van der Waals surface area contributed by atoms with Gasteiger partial charge in [-0.2, -0.15) is 0 Å². The molecule has 2 N–H and O–H groups in total. The fraction of sp³-hybridized carbons (Fsp3) is 0.909. The molecule has 0 spiro atoms. The summed E-state index contributed by atoms with van der Waals surface area (Å²) in [5.74, 6) is -0.742. The Bertz CT molecular complexity index is 211. The molecule has 5 nitrogen and oxygen atoms in total. The second-order valence-electron chi connectivity index (χ2n) is 4.30. The fourth-order valence-corrected chi connectivity index (χ4v) is 2.04. The zero-order valence-electron chi connectivity index (χ0n) is 9.77. The maximum atomic E-state index is 10.6. The van der Waals surface area contributed by atoms with Crippen molar-refractivity contribution in [2.24, 2.45) is 0 Å². The van der Waals surface area contributed by atoms with Crippen molar-refractivity contribution in [1.29, 1.82) is 0 Å². The summed E-state index contributed by atoms with van der Waals surface area (Å²) in [5, 5.41) is 17.4. The highest BCUT2D eigenvalue weighted by molar-refractivity contribution is 5.69. The van der Waals surface area contributed by atoms with Gasteiger partial charge >= 0.3 is 5.97 Å². The Morgan fingerprint density at radius 3 is 2.44 bits per heavy atom. The van der Waals surface area contributed by atoms with Crippen LogP contribution in [-0.4, -0.2) is 71.9 Å². The first-order valence-electron chi connectivity index (χ1n) is 5.99. The minimum atomic E-state index is -0.742. The van der Waals surface area contributed by atoms with Gasteiger partial charge in [-0.1, -0.05) is 0 Å². The highest BCUT2D eigenvalue weighted by Gasteiger charge is 2.15. The Hall–Kier alpha value is -0.650. The smallest absolute Gasteiger partial charge is 0.317 e. The third-order valence-corrected chi connectivity index (χ3v) is 2.92. The zero-order chi connectivity index (χ0) is 11.8. The van der Waals surface area contributed by atoms with Crippen LogP contribution in [0.5, 0.6) is 0 Å². The summed E-state index contributed by atoms with van der Waals surface area (Å²) in [6, 6.07) is 0. The first kappa shape index (κ1) is 13.4. The maximum Gasteiger partial charge on any atom is 0.317 e. The quantitative estimate of drug-likeness (QED) is 0.621. The normalized spacial score (nSPS) is 19.6. The highest BCUT2D eigenvalue weighted by atomic mass is 16.4. The van der Waals surface area contributed by atoms with E-state index < -0.39 is 5.97 Å². The van der Waals surface area contributed by atoms with E-state index in [0.29, 0.717) is 0 Å². The van der Waals surface area contributed by atoms with Crippen molar-refractivity contribution in [3.8, 4) is 0 Å². The lowest BCUT2D eigenvalue weighted by molar-refractivity contribution is -0.138. The standard InChI is InChI=1S/C11H22N2O3/c14-9-2-1-4-12-5-3-6-13(8-7-12)10-11(15)16/h14H,1-10H2,(H,15,16). The molecule has 0 amide bonds. The van der Waals surface area contributed by atoms with Crippen LogP contribution in [0.1, 0.15) is 19.3 Å². The predicted octanol–water partition coefficient (Wildman–Crippen LogP) is -0.149. The molecule has 0 aromatic heterocycles. The van der Waals surface area contributed by atoms with Crippen LogP contribution in [0.25, 0.3) is 0 Å². The number of carboxylic acids is 1. The molecular weight excluding hydrogens is 208 g/mol. The fourth-order valence-electron chi connectivity index (χ4n) is 2.04. The van der Waals surface area contributed by atoms with Crippen molar-refractivity contribution in [2.75, 3.05) is 45.9 Å². The summed E-state index contributed by atoms with van der Waals surface area (Å²) in [5.41, 5.74) is 0. The lowest BCUT2D eigenvalue weighted by Gasteiger charge is -2.20. The molecule has 0 atom stereocenters. The molecule has 1 aliphatic rings. The molecular formula is C11H22N2O3. The number of carboxylic acid groups (broad SMARTS) is 1. The monoisotopic (exact) mass is 230 g/mol.